The summed E-state index contributed by atoms with van der Waals surface area (Å²) in [5.74, 6) is 0.0222. The molecule has 1 amide bonds. The summed E-state index contributed by atoms with van der Waals surface area (Å²) in [6, 6.07) is 12.1. The minimum Gasteiger partial charge on any atom is -0.507 e. The Morgan fingerprint density at radius 1 is 1.11 bits per heavy atom. The molecular weight excluding hydrogens is 452 g/mol. The van der Waals surface area contributed by atoms with E-state index in [0.717, 1.165) is 0 Å². The molecule has 0 saturated carbocycles. The number of carbonyl (C=O) groups excluding carboxylic acids is 2. The SMILES string of the molecule is C=CCOc1ccc(C(O)=C2C(=O)C(=O)N(c3cc(C)on3)[C@H]2c2ccc(OC)c(OC)c2)cc1. The van der Waals surface area contributed by atoms with Crippen LogP contribution in [0.25, 0.3) is 5.76 Å². The maximum Gasteiger partial charge on any atom is 0.301 e. The molecule has 35 heavy (non-hydrogen) atoms. The van der Waals surface area contributed by atoms with Crippen LogP contribution in [0.1, 0.15) is 22.9 Å². The number of benzene rings is 2. The van der Waals surface area contributed by atoms with E-state index in [4.69, 9.17) is 18.7 Å². The lowest BCUT2D eigenvalue weighted by molar-refractivity contribution is -0.132. The van der Waals surface area contributed by atoms with Gasteiger partial charge in [-0.1, -0.05) is 23.9 Å². The van der Waals surface area contributed by atoms with Crippen LogP contribution in [0.15, 0.2) is 71.3 Å². The molecule has 0 spiro atoms. The number of aryl methyl sites for hydroxylation is 1. The molecule has 1 N–H and O–H groups in total. The molecule has 0 radical (unpaired) electrons. The summed E-state index contributed by atoms with van der Waals surface area (Å²) in [6.45, 7) is 5.61. The largest absolute Gasteiger partial charge is 0.507 e. The number of aliphatic hydroxyl groups is 1. The Morgan fingerprint density at radius 3 is 2.43 bits per heavy atom. The Balaban J connectivity index is 1.88. The third kappa shape index (κ3) is 4.35. The molecule has 1 aliphatic rings. The average Bonchev–Trinajstić information content (AvgIpc) is 3.42. The van der Waals surface area contributed by atoms with Gasteiger partial charge in [-0.15, -0.1) is 0 Å². The molecular formula is C26H24N2O7. The molecule has 4 rings (SSSR count). The molecule has 0 unspecified atom stereocenters. The van der Waals surface area contributed by atoms with Crippen molar-refractivity contribution < 1.29 is 33.4 Å². The van der Waals surface area contributed by atoms with Crippen LogP contribution >= 0.6 is 0 Å². The first-order valence-corrected chi connectivity index (χ1v) is 10.7. The lowest BCUT2D eigenvalue weighted by atomic mass is 9.95. The van der Waals surface area contributed by atoms with Gasteiger partial charge in [0.2, 0.25) is 0 Å². The molecule has 3 aromatic rings. The average molecular weight is 476 g/mol. The highest BCUT2D eigenvalue weighted by Gasteiger charge is 2.48. The summed E-state index contributed by atoms with van der Waals surface area (Å²) in [5, 5.41) is 15.2. The molecule has 1 saturated heterocycles. The second-order valence-corrected chi connectivity index (χ2v) is 7.70. The molecule has 9 nitrogen and oxygen atoms in total. The summed E-state index contributed by atoms with van der Waals surface area (Å²) in [5.41, 5.74) is 0.758. The Morgan fingerprint density at radius 2 is 1.83 bits per heavy atom. The number of hydrogen-bond acceptors (Lipinski definition) is 8. The van der Waals surface area contributed by atoms with Gasteiger partial charge in [-0.25, -0.2) is 0 Å². The maximum absolute atomic E-state index is 13.2. The van der Waals surface area contributed by atoms with Gasteiger partial charge in [-0.2, -0.15) is 0 Å². The number of methoxy groups -OCH3 is 2. The van der Waals surface area contributed by atoms with Crippen molar-refractivity contribution in [1.82, 2.24) is 5.16 Å². The number of amides is 1. The molecule has 0 bridgehead atoms. The van der Waals surface area contributed by atoms with Crippen LogP contribution in [-0.2, 0) is 9.59 Å². The van der Waals surface area contributed by atoms with Crippen LogP contribution in [0.4, 0.5) is 5.82 Å². The van der Waals surface area contributed by atoms with E-state index in [1.165, 1.54) is 19.1 Å². The van der Waals surface area contributed by atoms with E-state index >= 15 is 0 Å². The molecule has 180 valence electrons. The van der Waals surface area contributed by atoms with Crippen molar-refractivity contribution >= 4 is 23.3 Å². The first-order chi connectivity index (χ1) is 16.9. The Kier molecular flexibility index (Phi) is 6.59. The lowest BCUT2D eigenvalue weighted by Gasteiger charge is -2.23. The molecule has 1 atom stereocenters. The van der Waals surface area contributed by atoms with Gasteiger partial charge < -0.3 is 23.8 Å². The van der Waals surface area contributed by atoms with Gasteiger partial charge in [0.1, 0.15) is 23.9 Å². The highest BCUT2D eigenvalue weighted by Crippen LogP contribution is 2.44. The van der Waals surface area contributed by atoms with Crippen molar-refractivity contribution in [2.45, 2.75) is 13.0 Å². The normalized spacial score (nSPS) is 16.9. The number of aromatic nitrogens is 1. The van der Waals surface area contributed by atoms with Gasteiger partial charge in [0.25, 0.3) is 5.78 Å². The van der Waals surface area contributed by atoms with Crippen LogP contribution in [0.3, 0.4) is 0 Å². The van der Waals surface area contributed by atoms with Gasteiger partial charge in [-0.3, -0.25) is 14.5 Å². The fourth-order valence-corrected chi connectivity index (χ4v) is 3.89. The van der Waals surface area contributed by atoms with Crippen LogP contribution in [0.5, 0.6) is 17.2 Å². The smallest absolute Gasteiger partial charge is 0.301 e. The number of hydrogen-bond donors (Lipinski definition) is 1. The molecule has 0 aliphatic carbocycles. The molecule has 1 fully saturated rings. The van der Waals surface area contributed by atoms with Crippen LogP contribution in [-0.4, -0.2) is 42.8 Å². The Labute approximate surface area is 201 Å². The number of ether oxygens (including phenoxy) is 3. The number of rotatable bonds is 8. The van der Waals surface area contributed by atoms with E-state index in [9.17, 15) is 14.7 Å². The zero-order valence-electron chi connectivity index (χ0n) is 19.5. The van der Waals surface area contributed by atoms with Crippen LogP contribution in [0, 0.1) is 6.92 Å². The summed E-state index contributed by atoms with van der Waals surface area (Å²) in [4.78, 5) is 27.6. The standard InChI is InChI=1S/C26H24N2O7/c1-5-12-34-18-9-6-16(7-10-18)24(29)22-23(17-8-11-19(32-3)20(14-17)33-4)28(26(31)25(22)30)21-13-15(2)35-27-21/h5-11,13-14,23,29H,1,12H2,2-4H3/t23-/m0/s1. The molecule has 2 aromatic carbocycles. The number of ketones is 1. The van der Waals surface area contributed by atoms with Gasteiger partial charge in [0, 0.05) is 11.6 Å². The van der Waals surface area contributed by atoms with Crippen molar-refractivity contribution in [3.8, 4) is 17.2 Å². The molecule has 1 aromatic heterocycles. The highest BCUT2D eigenvalue weighted by molar-refractivity contribution is 6.51. The van der Waals surface area contributed by atoms with Crippen molar-refractivity contribution in [3.05, 3.63) is 83.6 Å². The topological polar surface area (TPSA) is 111 Å². The lowest BCUT2D eigenvalue weighted by Crippen LogP contribution is -2.29. The van der Waals surface area contributed by atoms with E-state index in [1.54, 1.807) is 61.5 Å². The van der Waals surface area contributed by atoms with Crippen molar-refractivity contribution in [2.75, 3.05) is 25.7 Å². The van der Waals surface area contributed by atoms with Gasteiger partial charge in [0.05, 0.1) is 25.8 Å². The van der Waals surface area contributed by atoms with Crippen molar-refractivity contribution in [2.24, 2.45) is 0 Å². The Bertz CT molecular complexity index is 1310. The van der Waals surface area contributed by atoms with E-state index in [-0.39, 0.29) is 17.2 Å². The fourth-order valence-electron chi connectivity index (χ4n) is 3.89. The van der Waals surface area contributed by atoms with Crippen molar-refractivity contribution in [3.63, 3.8) is 0 Å². The fraction of sp³-hybridized carbons (Fsp3) is 0.192. The molecule has 2 heterocycles. The first-order valence-electron chi connectivity index (χ1n) is 10.7. The predicted molar refractivity (Wildman–Crippen MR) is 128 cm³/mol. The van der Waals surface area contributed by atoms with Crippen molar-refractivity contribution in [1.29, 1.82) is 0 Å². The minimum absolute atomic E-state index is 0.0948. The third-order valence-corrected chi connectivity index (χ3v) is 5.53. The van der Waals surface area contributed by atoms with E-state index in [1.807, 2.05) is 0 Å². The molecule has 1 aliphatic heterocycles. The first kappa shape index (κ1) is 23.6. The van der Waals surface area contributed by atoms with Crippen LogP contribution < -0.4 is 19.1 Å². The number of aliphatic hydroxyl groups excluding tert-OH is 1. The van der Waals surface area contributed by atoms with E-state index in [0.29, 0.717) is 40.7 Å². The predicted octanol–water partition coefficient (Wildman–Crippen LogP) is 4.19. The number of nitrogens with zero attached hydrogens (tertiary/aromatic N) is 2. The maximum atomic E-state index is 13.2. The van der Waals surface area contributed by atoms with Gasteiger partial charge in [0.15, 0.2) is 17.3 Å². The zero-order valence-corrected chi connectivity index (χ0v) is 19.5. The van der Waals surface area contributed by atoms with Gasteiger partial charge in [-0.05, 0) is 48.9 Å². The number of Topliss-reactive ketones (excluding diaryl/α,β-unsaturated/α-hetero) is 1. The monoisotopic (exact) mass is 476 g/mol. The quantitative estimate of drug-likeness (QED) is 0.223. The van der Waals surface area contributed by atoms with E-state index < -0.39 is 17.7 Å². The third-order valence-electron chi connectivity index (χ3n) is 5.53. The van der Waals surface area contributed by atoms with Gasteiger partial charge >= 0.3 is 5.91 Å². The Hall–Kier alpha value is -4.53. The summed E-state index contributed by atoms with van der Waals surface area (Å²) in [7, 11) is 2.99. The molecule has 9 heteroatoms. The minimum atomic E-state index is -0.990. The zero-order chi connectivity index (χ0) is 25.1. The van der Waals surface area contributed by atoms with E-state index in [2.05, 4.69) is 11.7 Å². The number of carbonyl (C=O) groups is 2. The van der Waals surface area contributed by atoms with Crippen LogP contribution in [0.2, 0.25) is 0 Å². The summed E-state index contributed by atoms with van der Waals surface area (Å²) in [6.07, 6.45) is 1.62. The number of anilines is 1. The second-order valence-electron chi connectivity index (χ2n) is 7.70. The summed E-state index contributed by atoms with van der Waals surface area (Å²) >= 11 is 0. The highest BCUT2D eigenvalue weighted by atomic mass is 16.5. The summed E-state index contributed by atoms with van der Waals surface area (Å²) < 4.78 is 21.4. The second kappa shape index (κ2) is 9.76.